The Morgan fingerprint density at radius 2 is 2.39 bits per heavy atom. The minimum Gasteiger partial charge on any atom is -0.478 e. The van der Waals surface area contributed by atoms with Gasteiger partial charge in [-0.15, -0.1) is 0 Å². The zero-order valence-electron chi connectivity index (χ0n) is 10.2. The second kappa shape index (κ2) is 5.59. The fraction of sp³-hybridized carbons (Fsp3) is 0.462. The number of anilines is 1. The Balaban J connectivity index is 2.17. The number of hydrogen-bond acceptors (Lipinski definition) is 3. The normalized spacial score (nSPS) is 18.9. The van der Waals surface area contributed by atoms with Crippen LogP contribution in [0, 0.1) is 0 Å². The van der Waals surface area contributed by atoms with E-state index < -0.39 is 5.97 Å². The van der Waals surface area contributed by atoms with Crippen LogP contribution in [0.15, 0.2) is 18.2 Å². The van der Waals surface area contributed by atoms with Crippen LogP contribution < -0.4 is 4.90 Å². The number of ether oxygens (including phenoxy) is 1. The Bertz CT molecular complexity index is 444. The van der Waals surface area contributed by atoms with Crippen LogP contribution >= 0.6 is 11.6 Å². The van der Waals surface area contributed by atoms with Crippen LogP contribution in [0.1, 0.15) is 23.2 Å². The lowest BCUT2D eigenvalue weighted by Gasteiger charge is -2.24. The number of likely N-dealkylation sites (N-methyl/N-ethyl adjacent to an activating group) is 1. The van der Waals surface area contributed by atoms with E-state index in [1.54, 1.807) is 12.1 Å². The smallest absolute Gasteiger partial charge is 0.337 e. The fourth-order valence-electron chi connectivity index (χ4n) is 2.20. The summed E-state index contributed by atoms with van der Waals surface area (Å²) in [4.78, 5) is 13.1. The summed E-state index contributed by atoms with van der Waals surface area (Å²) in [5, 5.41) is 9.62. The minimum atomic E-state index is -0.966. The maximum Gasteiger partial charge on any atom is 0.337 e. The van der Waals surface area contributed by atoms with Crippen LogP contribution in [0.2, 0.25) is 5.02 Å². The molecular formula is C13H16ClNO3. The quantitative estimate of drug-likeness (QED) is 0.913. The van der Waals surface area contributed by atoms with E-state index in [4.69, 9.17) is 16.3 Å². The van der Waals surface area contributed by atoms with Crippen molar-refractivity contribution >= 4 is 23.3 Å². The molecule has 0 saturated carbocycles. The summed E-state index contributed by atoms with van der Waals surface area (Å²) in [7, 11) is 1.87. The Morgan fingerprint density at radius 1 is 1.61 bits per heavy atom. The third-order valence-corrected chi connectivity index (χ3v) is 3.34. The first-order valence-corrected chi connectivity index (χ1v) is 6.31. The van der Waals surface area contributed by atoms with Crippen molar-refractivity contribution in [3.63, 3.8) is 0 Å². The number of nitrogens with zero attached hydrogens (tertiary/aromatic N) is 1. The first kappa shape index (κ1) is 13.2. The van der Waals surface area contributed by atoms with E-state index in [9.17, 15) is 9.90 Å². The second-order valence-corrected chi connectivity index (χ2v) is 4.92. The van der Waals surface area contributed by atoms with Gasteiger partial charge in [0.25, 0.3) is 0 Å². The molecule has 0 aromatic heterocycles. The minimum absolute atomic E-state index is 0.187. The molecule has 1 atom stereocenters. The number of aromatic carboxylic acids is 1. The van der Waals surface area contributed by atoms with Gasteiger partial charge in [-0.05, 0) is 31.0 Å². The molecule has 1 aliphatic rings. The highest BCUT2D eigenvalue weighted by Gasteiger charge is 2.20. The fourth-order valence-corrected chi connectivity index (χ4v) is 2.38. The van der Waals surface area contributed by atoms with E-state index in [0.29, 0.717) is 17.3 Å². The zero-order chi connectivity index (χ0) is 13.1. The monoisotopic (exact) mass is 269 g/mol. The average Bonchev–Trinajstić information content (AvgIpc) is 2.81. The van der Waals surface area contributed by atoms with Crippen molar-refractivity contribution in [2.45, 2.75) is 18.9 Å². The van der Waals surface area contributed by atoms with Gasteiger partial charge in [-0.3, -0.25) is 0 Å². The van der Waals surface area contributed by atoms with Crippen LogP contribution in [0.25, 0.3) is 0 Å². The molecule has 0 bridgehead atoms. The van der Waals surface area contributed by atoms with Crippen LogP contribution in [-0.4, -0.2) is 37.4 Å². The number of rotatable bonds is 4. The molecule has 2 rings (SSSR count). The third kappa shape index (κ3) is 2.94. The zero-order valence-corrected chi connectivity index (χ0v) is 11.0. The molecule has 5 heteroatoms. The van der Waals surface area contributed by atoms with E-state index in [0.717, 1.165) is 19.4 Å². The molecule has 18 heavy (non-hydrogen) atoms. The maximum atomic E-state index is 11.2. The largest absolute Gasteiger partial charge is 0.478 e. The molecule has 1 aromatic rings. The molecule has 0 amide bonds. The standard InChI is InChI=1S/C13H16ClNO3/c1-15(8-10-3-2-6-18-10)12-5-4-9(14)7-11(12)13(16)17/h4-5,7,10H,2-3,6,8H2,1H3,(H,16,17). The van der Waals surface area contributed by atoms with Gasteiger partial charge < -0.3 is 14.7 Å². The Hall–Kier alpha value is -1.26. The number of carboxylic acid groups (broad SMARTS) is 1. The number of benzene rings is 1. The summed E-state index contributed by atoms with van der Waals surface area (Å²) < 4.78 is 5.55. The summed E-state index contributed by atoms with van der Waals surface area (Å²) in [6.07, 6.45) is 2.29. The van der Waals surface area contributed by atoms with Crippen molar-refractivity contribution in [3.8, 4) is 0 Å². The molecule has 1 N–H and O–H groups in total. The third-order valence-electron chi connectivity index (χ3n) is 3.10. The van der Waals surface area contributed by atoms with Gasteiger partial charge in [0.1, 0.15) is 0 Å². The second-order valence-electron chi connectivity index (χ2n) is 4.48. The topological polar surface area (TPSA) is 49.8 Å². The van der Waals surface area contributed by atoms with Gasteiger partial charge in [-0.2, -0.15) is 0 Å². The van der Waals surface area contributed by atoms with Crippen LogP contribution in [0.3, 0.4) is 0 Å². The molecule has 4 nitrogen and oxygen atoms in total. The molecule has 1 fully saturated rings. The van der Waals surface area contributed by atoms with E-state index >= 15 is 0 Å². The van der Waals surface area contributed by atoms with Gasteiger partial charge in [0, 0.05) is 25.2 Å². The van der Waals surface area contributed by atoms with E-state index in [1.807, 2.05) is 11.9 Å². The highest BCUT2D eigenvalue weighted by atomic mass is 35.5. The SMILES string of the molecule is CN(CC1CCCO1)c1ccc(Cl)cc1C(=O)O. The van der Waals surface area contributed by atoms with Gasteiger partial charge in [0.05, 0.1) is 17.4 Å². The van der Waals surface area contributed by atoms with E-state index in [2.05, 4.69) is 0 Å². The molecule has 98 valence electrons. The Labute approximate surface area is 111 Å². The first-order valence-electron chi connectivity index (χ1n) is 5.93. The molecule has 1 aliphatic heterocycles. The predicted octanol–water partition coefficient (Wildman–Crippen LogP) is 2.65. The van der Waals surface area contributed by atoms with E-state index in [-0.39, 0.29) is 11.7 Å². The summed E-state index contributed by atoms with van der Waals surface area (Å²) in [6, 6.07) is 4.92. The van der Waals surface area contributed by atoms with Crippen molar-refractivity contribution in [1.82, 2.24) is 0 Å². The molecule has 1 aromatic carbocycles. The predicted molar refractivity (Wildman–Crippen MR) is 70.7 cm³/mol. The van der Waals surface area contributed by atoms with Gasteiger partial charge in [-0.25, -0.2) is 4.79 Å². The van der Waals surface area contributed by atoms with Crippen LogP contribution in [-0.2, 0) is 4.74 Å². The lowest BCUT2D eigenvalue weighted by atomic mass is 10.1. The van der Waals surface area contributed by atoms with Gasteiger partial charge in [0.15, 0.2) is 0 Å². The van der Waals surface area contributed by atoms with Gasteiger partial charge >= 0.3 is 5.97 Å². The number of carboxylic acids is 1. The summed E-state index contributed by atoms with van der Waals surface area (Å²) in [5.41, 5.74) is 0.894. The van der Waals surface area contributed by atoms with Crippen molar-refractivity contribution in [2.24, 2.45) is 0 Å². The lowest BCUT2D eigenvalue weighted by Crippen LogP contribution is -2.29. The van der Waals surface area contributed by atoms with Gasteiger partial charge in [0.2, 0.25) is 0 Å². The summed E-state index contributed by atoms with van der Waals surface area (Å²) in [6.45, 7) is 1.49. The molecule has 0 radical (unpaired) electrons. The maximum absolute atomic E-state index is 11.2. The molecule has 1 unspecified atom stereocenters. The molecule has 1 heterocycles. The van der Waals surface area contributed by atoms with Gasteiger partial charge in [-0.1, -0.05) is 11.6 Å². The molecular weight excluding hydrogens is 254 g/mol. The van der Waals surface area contributed by atoms with Crippen molar-refractivity contribution in [3.05, 3.63) is 28.8 Å². The molecule has 0 spiro atoms. The first-order chi connectivity index (χ1) is 8.58. The number of halogens is 1. The van der Waals surface area contributed by atoms with Crippen LogP contribution in [0.5, 0.6) is 0 Å². The Kier molecular flexibility index (Phi) is 4.09. The average molecular weight is 270 g/mol. The molecule has 1 saturated heterocycles. The highest BCUT2D eigenvalue weighted by Crippen LogP contribution is 2.25. The number of carbonyl (C=O) groups is 1. The van der Waals surface area contributed by atoms with E-state index in [1.165, 1.54) is 6.07 Å². The van der Waals surface area contributed by atoms with Crippen LogP contribution in [0.4, 0.5) is 5.69 Å². The highest BCUT2D eigenvalue weighted by molar-refractivity contribution is 6.31. The van der Waals surface area contributed by atoms with Crippen molar-refractivity contribution < 1.29 is 14.6 Å². The Morgan fingerprint density at radius 3 is 3.00 bits per heavy atom. The summed E-state index contributed by atoms with van der Waals surface area (Å²) in [5.74, 6) is -0.966. The molecule has 0 aliphatic carbocycles. The van der Waals surface area contributed by atoms with Crippen molar-refractivity contribution in [2.75, 3.05) is 25.1 Å². The van der Waals surface area contributed by atoms with Crippen molar-refractivity contribution in [1.29, 1.82) is 0 Å². The lowest BCUT2D eigenvalue weighted by molar-refractivity contribution is 0.0697. The summed E-state index contributed by atoms with van der Waals surface area (Å²) >= 11 is 5.83. The number of hydrogen-bond donors (Lipinski definition) is 1.